The quantitative estimate of drug-likeness (QED) is 0.915. The van der Waals surface area contributed by atoms with Crippen molar-refractivity contribution in [3.05, 3.63) is 42.7 Å². The van der Waals surface area contributed by atoms with E-state index in [4.69, 9.17) is 4.74 Å². The number of methoxy groups -OCH3 is 1. The standard InChI is InChI=1S/C15H19N3O/c1-19-14-9-5-8-13(14)17-15-16-10-11-18(15)12-6-3-2-4-7-12/h2-4,6-7,10-11,13-14H,5,8-9H2,1H3,(H,16,17). The molecule has 1 heterocycles. The Bertz CT molecular complexity index is 523. The van der Waals surface area contributed by atoms with Crippen LogP contribution in [0.5, 0.6) is 0 Å². The minimum atomic E-state index is 0.293. The Kier molecular flexibility index (Phi) is 3.51. The van der Waals surface area contributed by atoms with E-state index >= 15 is 0 Å². The summed E-state index contributed by atoms with van der Waals surface area (Å²) in [5.41, 5.74) is 1.12. The van der Waals surface area contributed by atoms with Gasteiger partial charge in [-0.3, -0.25) is 4.57 Å². The third-order valence-corrected chi connectivity index (χ3v) is 3.74. The van der Waals surface area contributed by atoms with Crippen molar-refractivity contribution in [3.8, 4) is 5.69 Å². The van der Waals surface area contributed by atoms with E-state index in [1.807, 2.05) is 30.6 Å². The summed E-state index contributed by atoms with van der Waals surface area (Å²) in [4.78, 5) is 4.42. The molecule has 1 fully saturated rings. The van der Waals surface area contributed by atoms with Crippen LogP contribution < -0.4 is 5.32 Å². The first-order chi connectivity index (χ1) is 9.38. The number of nitrogens with zero attached hydrogens (tertiary/aromatic N) is 2. The summed E-state index contributed by atoms with van der Waals surface area (Å²) in [5, 5.41) is 3.52. The van der Waals surface area contributed by atoms with Gasteiger partial charge in [-0.25, -0.2) is 4.98 Å². The number of hydrogen-bond acceptors (Lipinski definition) is 3. The summed E-state index contributed by atoms with van der Waals surface area (Å²) in [7, 11) is 1.79. The van der Waals surface area contributed by atoms with Gasteiger partial charge in [-0.1, -0.05) is 18.2 Å². The van der Waals surface area contributed by atoms with Crippen molar-refractivity contribution in [2.24, 2.45) is 0 Å². The van der Waals surface area contributed by atoms with Gasteiger partial charge < -0.3 is 10.1 Å². The monoisotopic (exact) mass is 257 g/mol. The fourth-order valence-corrected chi connectivity index (χ4v) is 2.75. The second-order valence-corrected chi connectivity index (χ2v) is 4.91. The van der Waals surface area contributed by atoms with Crippen LogP contribution in [0.3, 0.4) is 0 Å². The van der Waals surface area contributed by atoms with Gasteiger partial charge in [-0.2, -0.15) is 0 Å². The van der Waals surface area contributed by atoms with Crippen LogP contribution in [0.25, 0.3) is 5.69 Å². The van der Waals surface area contributed by atoms with Crippen LogP contribution in [-0.4, -0.2) is 28.8 Å². The Morgan fingerprint density at radius 3 is 2.89 bits per heavy atom. The maximum Gasteiger partial charge on any atom is 0.207 e. The molecule has 0 aliphatic heterocycles. The van der Waals surface area contributed by atoms with E-state index in [0.717, 1.165) is 24.5 Å². The molecule has 0 saturated heterocycles. The molecule has 100 valence electrons. The molecule has 0 spiro atoms. The zero-order valence-electron chi connectivity index (χ0n) is 11.1. The number of hydrogen-bond donors (Lipinski definition) is 1. The molecule has 0 bridgehead atoms. The topological polar surface area (TPSA) is 39.1 Å². The van der Waals surface area contributed by atoms with Crippen LogP contribution in [0.15, 0.2) is 42.7 Å². The highest BCUT2D eigenvalue weighted by atomic mass is 16.5. The van der Waals surface area contributed by atoms with Gasteiger partial charge in [0.25, 0.3) is 0 Å². The second kappa shape index (κ2) is 5.45. The lowest BCUT2D eigenvalue weighted by atomic mass is 10.2. The van der Waals surface area contributed by atoms with Gasteiger partial charge in [0.2, 0.25) is 5.95 Å². The lowest BCUT2D eigenvalue weighted by molar-refractivity contribution is 0.101. The van der Waals surface area contributed by atoms with E-state index in [-0.39, 0.29) is 0 Å². The molecule has 1 aliphatic carbocycles. The Balaban J connectivity index is 1.81. The zero-order valence-corrected chi connectivity index (χ0v) is 11.1. The third-order valence-electron chi connectivity index (χ3n) is 3.74. The fraction of sp³-hybridized carbons (Fsp3) is 0.400. The molecule has 1 aliphatic rings. The van der Waals surface area contributed by atoms with E-state index in [1.54, 1.807) is 7.11 Å². The van der Waals surface area contributed by atoms with Gasteiger partial charge in [0.1, 0.15) is 0 Å². The van der Waals surface area contributed by atoms with Gasteiger partial charge in [-0.05, 0) is 31.4 Å². The van der Waals surface area contributed by atoms with Crippen LogP contribution >= 0.6 is 0 Å². The number of imidazole rings is 1. The first-order valence-electron chi connectivity index (χ1n) is 6.76. The molecular weight excluding hydrogens is 238 g/mol. The molecule has 3 rings (SSSR count). The molecule has 1 N–H and O–H groups in total. The van der Waals surface area contributed by atoms with Gasteiger partial charge in [-0.15, -0.1) is 0 Å². The SMILES string of the molecule is COC1CCCC1Nc1nccn1-c1ccccc1. The lowest BCUT2D eigenvalue weighted by Gasteiger charge is -2.20. The summed E-state index contributed by atoms with van der Waals surface area (Å²) in [6.45, 7) is 0. The molecular formula is C15H19N3O. The van der Waals surface area contributed by atoms with Gasteiger partial charge in [0.15, 0.2) is 0 Å². The largest absolute Gasteiger partial charge is 0.379 e. The highest BCUT2D eigenvalue weighted by molar-refractivity contribution is 5.42. The lowest BCUT2D eigenvalue weighted by Crippen LogP contribution is -2.30. The number of para-hydroxylation sites is 1. The van der Waals surface area contributed by atoms with Crippen LogP contribution in [-0.2, 0) is 4.74 Å². The molecule has 2 aromatic rings. The van der Waals surface area contributed by atoms with Crippen LogP contribution in [0.2, 0.25) is 0 Å². The molecule has 19 heavy (non-hydrogen) atoms. The Morgan fingerprint density at radius 1 is 1.26 bits per heavy atom. The number of ether oxygens (including phenoxy) is 1. The zero-order chi connectivity index (χ0) is 13.1. The molecule has 1 saturated carbocycles. The Hall–Kier alpha value is -1.81. The summed E-state index contributed by atoms with van der Waals surface area (Å²) in [6.07, 6.45) is 7.57. The predicted molar refractivity (Wildman–Crippen MR) is 75.6 cm³/mol. The van der Waals surface area contributed by atoms with Crippen molar-refractivity contribution in [2.45, 2.75) is 31.4 Å². The van der Waals surface area contributed by atoms with Gasteiger partial charge in [0.05, 0.1) is 12.1 Å². The normalized spacial score (nSPS) is 22.6. The maximum absolute atomic E-state index is 5.52. The summed E-state index contributed by atoms with van der Waals surface area (Å²) >= 11 is 0. The molecule has 0 amide bonds. The first kappa shape index (κ1) is 12.2. The number of rotatable bonds is 4. The molecule has 2 unspecified atom stereocenters. The summed E-state index contributed by atoms with van der Waals surface area (Å²) < 4.78 is 7.59. The van der Waals surface area contributed by atoms with Crippen LogP contribution in [0.1, 0.15) is 19.3 Å². The third kappa shape index (κ3) is 2.49. The fourth-order valence-electron chi connectivity index (χ4n) is 2.75. The second-order valence-electron chi connectivity index (χ2n) is 4.91. The molecule has 1 aromatic heterocycles. The summed E-state index contributed by atoms with van der Waals surface area (Å²) in [5.74, 6) is 0.889. The van der Waals surface area contributed by atoms with Crippen molar-refractivity contribution in [2.75, 3.05) is 12.4 Å². The minimum Gasteiger partial charge on any atom is -0.379 e. The molecule has 1 aromatic carbocycles. The molecule has 2 atom stereocenters. The van der Waals surface area contributed by atoms with Crippen molar-refractivity contribution in [1.29, 1.82) is 0 Å². The highest BCUT2D eigenvalue weighted by Crippen LogP contribution is 2.25. The van der Waals surface area contributed by atoms with Crippen molar-refractivity contribution < 1.29 is 4.74 Å². The van der Waals surface area contributed by atoms with E-state index in [9.17, 15) is 0 Å². The molecule has 0 radical (unpaired) electrons. The van der Waals surface area contributed by atoms with Crippen LogP contribution in [0, 0.1) is 0 Å². The minimum absolute atomic E-state index is 0.293. The Morgan fingerprint density at radius 2 is 2.11 bits per heavy atom. The number of nitrogens with one attached hydrogen (secondary N) is 1. The number of anilines is 1. The maximum atomic E-state index is 5.52. The van der Waals surface area contributed by atoms with E-state index in [2.05, 4.69) is 27.0 Å². The molecule has 4 nitrogen and oxygen atoms in total. The average Bonchev–Trinajstić information content (AvgIpc) is 3.09. The van der Waals surface area contributed by atoms with Gasteiger partial charge in [0, 0.05) is 25.2 Å². The van der Waals surface area contributed by atoms with E-state index in [0.29, 0.717) is 12.1 Å². The predicted octanol–water partition coefficient (Wildman–Crippen LogP) is 2.85. The van der Waals surface area contributed by atoms with Gasteiger partial charge >= 0.3 is 0 Å². The van der Waals surface area contributed by atoms with Crippen molar-refractivity contribution in [3.63, 3.8) is 0 Å². The smallest absolute Gasteiger partial charge is 0.207 e. The number of aromatic nitrogens is 2. The van der Waals surface area contributed by atoms with Crippen molar-refractivity contribution in [1.82, 2.24) is 9.55 Å². The summed E-state index contributed by atoms with van der Waals surface area (Å²) in [6, 6.07) is 10.6. The first-order valence-corrected chi connectivity index (χ1v) is 6.76. The average molecular weight is 257 g/mol. The van der Waals surface area contributed by atoms with E-state index in [1.165, 1.54) is 6.42 Å². The highest BCUT2D eigenvalue weighted by Gasteiger charge is 2.27. The van der Waals surface area contributed by atoms with Crippen LogP contribution in [0.4, 0.5) is 5.95 Å². The molecule has 4 heteroatoms. The number of benzene rings is 1. The Labute approximate surface area is 113 Å². The van der Waals surface area contributed by atoms with E-state index < -0.39 is 0 Å². The van der Waals surface area contributed by atoms with Crippen molar-refractivity contribution >= 4 is 5.95 Å².